The number of carbonyl (C=O) groups excluding carboxylic acids is 1. The van der Waals surface area contributed by atoms with Crippen LogP contribution < -0.4 is 11.1 Å². The minimum atomic E-state index is -3.55. The highest BCUT2D eigenvalue weighted by molar-refractivity contribution is 7.89. The van der Waals surface area contributed by atoms with Crippen LogP contribution in [0.5, 0.6) is 0 Å². The number of hydrogen-bond acceptors (Lipinski definition) is 5. The van der Waals surface area contributed by atoms with E-state index in [0.717, 1.165) is 5.56 Å². The van der Waals surface area contributed by atoms with Crippen LogP contribution in [0.3, 0.4) is 0 Å². The molecular formula is C19H26Cl2N4O3S. The van der Waals surface area contributed by atoms with Gasteiger partial charge in [-0.15, -0.1) is 24.8 Å². The van der Waals surface area contributed by atoms with Gasteiger partial charge in [-0.2, -0.15) is 4.31 Å². The van der Waals surface area contributed by atoms with Gasteiger partial charge in [-0.05, 0) is 30.5 Å². The summed E-state index contributed by atoms with van der Waals surface area (Å²) in [6.45, 7) is 0.997. The summed E-state index contributed by atoms with van der Waals surface area (Å²) in [5.41, 5.74) is 7.08. The zero-order valence-electron chi connectivity index (χ0n) is 15.8. The molecule has 1 aromatic heterocycles. The Hall–Kier alpha value is -1.71. The molecule has 3 N–H and O–H groups in total. The molecule has 10 heteroatoms. The minimum absolute atomic E-state index is 0. The van der Waals surface area contributed by atoms with Crippen molar-refractivity contribution in [1.29, 1.82) is 0 Å². The Bertz CT molecular complexity index is 862. The number of sulfonamides is 1. The second-order valence-corrected chi connectivity index (χ2v) is 8.57. The van der Waals surface area contributed by atoms with Gasteiger partial charge in [-0.3, -0.25) is 9.78 Å². The lowest BCUT2D eigenvalue weighted by molar-refractivity contribution is -0.126. The maximum Gasteiger partial charge on any atom is 0.244 e. The maximum atomic E-state index is 12.6. The first-order chi connectivity index (χ1) is 13.0. The fraction of sp³-hybridized carbons (Fsp3) is 0.368. The van der Waals surface area contributed by atoms with Gasteiger partial charge >= 0.3 is 0 Å². The summed E-state index contributed by atoms with van der Waals surface area (Å²) >= 11 is 0. The second kappa shape index (κ2) is 11.5. The monoisotopic (exact) mass is 460 g/mol. The molecule has 0 saturated carbocycles. The SMILES string of the molecule is Cl.Cl.NC(CNC(=O)C1CCN(S(=O)(=O)c2cccnc2)CC1)c1ccccc1. The number of benzene rings is 1. The van der Waals surface area contributed by atoms with Gasteiger partial charge in [0.2, 0.25) is 15.9 Å². The third-order valence-corrected chi connectivity index (χ3v) is 6.70. The van der Waals surface area contributed by atoms with E-state index in [1.807, 2.05) is 30.3 Å². The standard InChI is InChI=1S/C19H24N4O3S.2ClH/c20-18(15-5-2-1-3-6-15)14-22-19(24)16-8-11-23(12-9-16)27(25,26)17-7-4-10-21-13-17;;/h1-7,10,13,16,18H,8-9,11-12,14,20H2,(H,22,24);2*1H. The quantitative estimate of drug-likeness (QED) is 0.686. The number of rotatable bonds is 6. The van der Waals surface area contributed by atoms with Gasteiger partial charge in [0.1, 0.15) is 4.90 Å². The highest BCUT2D eigenvalue weighted by Crippen LogP contribution is 2.23. The Kier molecular flexibility index (Phi) is 10.0. The van der Waals surface area contributed by atoms with Crippen molar-refractivity contribution in [3.63, 3.8) is 0 Å². The lowest BCUT2D eigenvalue weighted by Crippen LogP contribution is -2.44. The molecule has 7 nitrogen and oxygen atoms in total. The van der Waals surface area contributed by atoms with Crippen LogP contribution in [0, 0.1) is 5.92 Å². The normalized spacial score (nSPS) is 16.2. The summed E-state index contributed by atoms with van der Waals surface area (Å²) in [6.07, 6.45) is 3.87. The molecule has 1 amide bonds. The topological polar surface area (TPSA) is 105 Å². The Morgan fingerprint density at radius 2 is 1.79 bits per heavy atom. The van der Waals surface area contributed by atoms with Gasteiger partial charge < -0.3 is 11.1 Å². The van der Waals surface area contributed by atoms with Crippen LogP contribution in [-0.2, 0) is 14.8 Å². The van der Waals surface area contributed by atoms with Crippen LogP contribution in [-0.4, -0.2) is 43.2 Å². The lowest BCUT2D eigenvalue weighted by atomic mass is 9.97. The van der Waals surface area contributed by atoms with E-state index in [9.17, 15) is 13.2 Å². The molecule has 1 unspecified atom stereocenters. The highest BCUT2D eigenvalue weighted by Gasteiger charge is 2.32. The first-order valence-electron chi connectivity index (χ1n) is 8.97. The Labute approximate surface area is 183 Å². The number of amides is 1. The molecule has 1 aromatic carbocycles. The van der Waals surface area contributed by atoms with Crippen molar-refractivity contribution in [2.75, 3.05) is 19.6 Å². The molecule has 160 valence electrons. The van der Waals surface area contributed by atoms with Gasteiger partial charge in [0, 0.05) is 44.0 Å². The van der Waals surface area contributed by atoms with Gasteiger partial charge in [0.25, 0.3) is 0 Å². The van der Waals surface area contributed by atoms with E-state index in [1.165, 1.54) is 22.8 Å². The molecule has 2 aromatic rings. The van der Waals surface area contributed by atoms with Crippen LogP contribution in [0.25, 0.3) is 0 Å². The molecule has 2 heterocycles. The van der Waals surface area contributed by atoms with Crippen molar-refractivity contribution in [1.82, 2.24) is 14.6 Å². The summed E-state index contributed by atoms with van der Waals surface area (Å²) in [4.78, 5) is 16.5. The molecule has 0 spiro atoms. The van der Waals surface area contributed by atoms with Crippen LogP contribution in [0.4, 0.5) is 0 Å². The molecule has 1 aliphatic heterocycles. The fourth-order valence-electron chi connectivity index (χ4n) is 3.18. The first-order valence-corrected chi connectivity index (χ1v) is 10.4. The third kappa shape index (κ3) is 6.38. The predicted octanol–water partition coefficient (Wildman–Crippen LogP) is 2.14. The molecule has 0 bridgehead atoms. The molecule has 3 rings (SSSR count). The number of piperidine rings is 1. The van der Waals surface area contributed by atoms with E-state index in [4.69, 9.17) is 5.73 Å². The number of halogens is 2. The van der Waals surface area contributed by atoms with Crippen LogP contribution in [0.15, 0.2) is 59.8 Å². The maximum absolute atomic E-state index is 12.6. The second-order valence-electron chi connectivity index (χ2n) is 6.63. The number of nitrogens with one attached hydrogen (secondary N) is 1. The third-order valence-electron chi connectivity index (χ3n) is 4.82. The summed E-state index contributed by atoms with van der Waals surface area (Å²) in [6, 6.07) is 12.5. The minimum Gasteiger partial charge on any atom is -0.354 e. The average molecular weight is 461 g/mol. The van der Waals surface area contributed by atoms with Crippen molar-refractivity contribution in [3.8, 4) is 0 Å². The molecule has 1 aliphatic rings. The Morgan fingerprint density at radius 3 is 2.38 bits per heavy atom. The van der Waals surface area contributed by atoms with Gasteiger partial charge in [-0.1, -0.05) is 30.3 Å². The van der Waals surface area contributed by atoms with E-state index in [2.05, 4.69) is 10.3 Å². The summed E-state index contributed by atoms with van der Waals surface area (Å²) in [5.74, 6) is -0.270. The highest BCUT2D eigenvalue weighted by atomic mass is 35.5. The Morgan fingerprint density at radius 1 is 1.14 bits per heavy atom. The fourth-order valence-corrected chi connectivity index (χ4v) is 4.61. The zero-order chi connectivity index (χ0) is 19.3. The Balaban J connectivity index is 0.00000210. The lowest BCUT2D eigenvalue weighted by Gasteiger charge is -2.30. The van der Waals surface area contributed by atoms with Gasteiger partial charge in [0.05, 0.1) is 0 Å². The summed E-state index contributed by atoms with van der Waals surface area (Å²) in [7, 11) is -3.55. The number of aromatic nitrogens is 1. The molecule has 1 saturated heterocycles. The number of pyridine rings is 1. The molecular weight excluding hydrogens is 435 g/mol. The van der Waals surface area contributed by atoms with E-state index < -0.39 is 10.0 Å². The largest absolute Gasteiger partial charge is 0.354 e. The van der Waals surface area contributed by atoms with Gasteiger partial charge in [-0.25, -0.2) is 8.42 Å². The van der Waals surface area contributed by atoms with Crippen LogP contribution in [0.1, 0.15) is 24.4 Å². The van der Waals surface area contributed by atoms with E-state index in [1.54, 1.807) is 6.07 Å². The summed E-state index contributed by atoms with van der Waals surface area (Å²) in [5, 5.41) is 2.89. The zero-order valence-corrected chi connectivity index (χ0v) is 18.3. The average Bonchev–Trinajstić information content (AvgIpc) is 2.73. The number of carbonyl (C=O) groups is 1. The molecule has 0 aliphatic carbocycles. The summed E-state index contributed by atoms with van der Waals surface area (Å²) < 4.78 is 26.6. The first kappa shape index (κ1) is 25.3. The molecule has 0 radical (unpaired) electrons. The smallest absolute Gasteiger partial charge is 0.244 e. The number of nitrogens with zero attached hydrogens (tertiary/aromatic N) is 2. The van der Waals surface area contributed by atoms with Crippen molar-refractivity contribution in [3.05, 3.63) is 60.4 Å². The number of hydrogen-bond donors (Lipinski definition) is 2. The molecule has 29 heavy (non-hydrogen) atoms. The molecule has 1 atom stereocenters. The van der Waals surface area contributed by atoms with Crippen molar-refractivity contribution < 1.29 is 13.2 Å². The van der Waals surface area contributed by atoms with Crippen molar-refractivity contribution in [2.45, 2.75) is 23.8 Å². The molecule has 1 fully saturated rings. The van der Waals surface area contributed by atoms with Crippen LogP contribution >= 0.6 is 24.8 Å². The van der Waals surface area contributed by atoms with E-state index in [0.29, 0.717) is 32.5 Å². The predicted molar refractivity (Wildman–Crippen MR) is 117 cm³/mol. The van der Waals surface area contributed by atoms with Crippen LogP contribution in [0.2, 0.25) is 0 Å². The number of nitrogens with two attached hydrogens (primary N) is 1. The van der Waals surface area contributed by atoms with E-state index >= 15 is 0 Å². The van der Waals surface area contributed by atoms with Crippen molar-refractivity contribution in [2.24, 2.45) is 11.7 Å². The van der Waals surface area contributed by atoms with Crippen molar-refractivity contribution >= 4 is 40.7 Å². The van der Waals surface area contributed by atoms with Gasteiger partial charge in [0.15, 0.2) is 0 Å². The van der Waals surface area contributed by atoms with E-state index in [-0.39, 0.29) is 47.6 Å².